The summed E-state index contributed by atoms with van der Waals surface area (Å²) < 4.78 is 0. The highest BCUT2D eigenvalue weighted by Gasteiger charge is 2.07. The number of nitrogens with one attached hydrogen (secondary N) is 1. The van der Waals surface area contributed by atoms with E-state index in [1.54, 1.807) is 0 Å². The molecule has 0 spiro atoms. The van der Waals surface area contributed by atoms with Gasteiger partial charge < -0.3 is 10.2 Å². The first kappa shape index (κ1) is 13.6. The first-order chi connectivity index (χ1) is 9.31. The molecule has 0 aliphatic carbocycles. The van der Waals surface area contributed by atoms with Gasteiger partial charge in [-0.3, -0.25) is 4.98 Å². The minimum atomic E-state index is 0.882. The van der Waals surface area contributed by atoms with Gasteiger partial charge in [-0.15, -0.1) is 0 Å². The van der Waals surface area contributed by atoms with E-state index < -0.39 is 0 Å². The molecule has 0 radical (unpaired) electrons. The standard InChI is InChI=1S/C16H21N3/c1-3-17-11-15-9-10-18-12-16(15)19(2)13-14-7-5-4-6-8-14/h4-10,12,17H,3,11,13H2,1-2H3. The first-order valence-electron chi connectivity index (χ1n) is 6.70. The van der Waals surface area contributed by atoms with Gasteiger partial charge in [0.25, 0.3) is 0 Å². The van der Waals surface area contributed by atoms with Crippen LogP contribution in [-0.2, 0) is 13.1 Å². The minimum absolute atomic E-state index is 0.882. The summed E-state index contributed by atoms with van der Waals surface area (Å²) in [6, 6.07) is 12.6. The lowest BCUT2D eigenvalue weighted by Gasteiger charge is -2.22. The fourth-order valence-corrected chi connectivity index (χ4v) is 2.11. The summed E-state index contributed by atoms with van der Waals surface area (Å²) in [6.07, 6.45) is 3.79. The second-order valence-corrected chi connectivity index (χ2v) is 4.63. The monoisotopic (exact) mass is 255 g/mol. The fraction of sp³-hybridized carbons (Fsp3) is 0.312. The van der Waals surface area contributed by atoms with Crippen LogP contribution in [-0.4, -0.2) is 18.6 Å². The van der Waals surface area contributed by atoms with E-state index in [-0.39, 0.29) is 0 Å². The molecule has 3 nitrogen and oxygen atoms in total. The van der Waals surface area contributed by atoms with Crippen LogP contribution in [0.4, 0.5) is 5.69 Å². The molecule has 1 aromatic carbocycles. The smallest absolute Gasteiger partial charge is 0.0598 e. The van der Waals surface area contributed by atoms with Gasteiger partial charge in [0.15, 0.2) is 0 Å². The highest BCUT2D eigenvalue weighted by atomic mass is 15.1. The van der Waals surface area contributed by atoms with E-state index in [2.05, 4.69) is 59.5 Å². The van der Waals surface area contributed by atoms with Crippen molar-refractivity contribution in [1.29, 1.82) is 0 Å². The van der Waals surface area contributed by atoms with Crippen molar-refractivity contribution < 1.29 is 0 Å². The van der Waals surface area contributed by atoms with E-state index in [1.807, 2.05) is 18.5 Å². The largest absolute Gasteiger partial charge is 0.369 e. The van der Waals surface area contributed by atoms with Crippen LogP contribution in [0, 0.1) is 0 Å². The number of hydrogen-bond donors (Lipinski definition) is 1. The highest BCUT2D eigenvalue weighted by Crippen LogP contribution is 2.19. The molecule has 3 heteroatoms. The van der Waals surface area contributed by atoms with Gasteiger partial charge >= 0.3 is 0 Å². The summed E-state index contributed by atoms with van der Waals surface area (Å²) in [6.45, 7) is 4.87. The van der Waals surface area contributed by atoms with E-state index in [0.717, 1.165) is 19.6 Å². The molecule has 0 saturated heterocycles. The Bertz CT molecular complexity index is 496. The molecule has 2 rings (SSSR count). The van der Waals surface area contributed by atoms with Crippen LogP contribution in [0.2, 0.25) is 0 Å². The Morgan fingerprint density at radius 1 is 1.16 bits per heavy atom. The Balaban J connectivity index is 2.12. The molecule has 0 amide bonds. The summed E-state index contributed by atoms with van der Waals surface area (Å²) in [5, 5.41) is 3.37. The molecule has 0 aliphatic rings. The van der Waals surface area contributed by atoms with Crippen LogP contribution < -0.4 is 10.2 Å². The Labute approximate surface area is 115 Å². The molecule has 0 fully saturated rings. The normalized spacial score (nSPS) is 10.4. The van der Waals surface area contributed by atoms with Crippen LogP contribution in [0.25, 0.3) is 0 Å². The lowest BCUT2D eigenvalue weighted by Crippen LogP contribution is -2.20. The van der Waals surface area contributed by atoms with Gasteiger partial charge in [0, 0.05) is 26.3 Å². The van der Waals surface area contributed by atoms with Crippen molar-refractivity contribution in [3.05, 3.63) is 59.9 Å². The van der Waals surface area contributed by atoms with E-state index in [4.69, 9.17) is 0 Å². The summed E-state index contributed by atoms with van der Waals surface area (Å²) in [5.41, 5.74) is 3.78. The molecule has 0 aliphatic heterocycles. The van der Waals surface area contributed by atoms with Crippen molar-refractivity contribution in [2.75, 3.05) is 18.5 Å². The molecule has 2 aromatic rings. The molecule has 1 heterocycles. The quantitative estimate of drug-likeness (QED) is 0.860. The topological polar surface area (TPSA) is 28.2 Å². The van der Waals surface area contributed by atoms with Crippen LogP contribution in [0.3, 0.4) is 0 Å². The van der Waals surface area contributed by atoms with Crippen LogP contribution >= 0.6 is 0 Å². The predicted molar refractivity (Wildman–Crippen MR) is 80.2 cm³/mol. The molecule has 0 saturated carbocycles. The van der Waals surface area contributed by atoms with E-state index in [0.29, 0.717) is 0 Å². The molecular formula is C16H21N3. The number of rotatable bonds is 6. The van der Waals surface area contributed by atoms with Crippen molar-refractivity contribution in [3.63, 3.8) is 0 Å². The molecule has 1 N–H and O–H groups in total. The van der Waals surface area contributed by atoms with Gasteiger partial charge in [-0.2, -0.15) is 0 Å². The molecule has 0 atom stereocenters. The van der Waals surface area contributed by atoms with Crippen molar-refractivity contribution in [3.8, 4) is 0 Å². The van der Waals surface area contributed by atoms with E-state index >= 15 is 0 Å². The zero-order chi connectivity index (χ0) is 13.5. The third-order valence-electron chi connectivity index (χ3n) is 3.13. The van der Waals surface area contributed by atoms with Gasteiger partial charge in [0.2, 0.25) is 0 Å². The molecule has 0 unspecified atom stereocenters. The third kappa shape index (κ3) is 3.80. The lowest BCUT2D eigenvalue weighted by atomic mass is 10.1. The zero-order valence-corrected chi connectivity index (χ0v) is 11.6. The van der Waals surface area contributed by atoms with Gasteiger partial charge in [-0.05, 0) is 23.7 Å². The fourth-order valence-electron chi connectivity index (χ4n) is 2.11. The second-order valence-electron chi connectivity index (χ2n) is 4.63. The van der Waals surface area contributed by atoms with Crippen LogP contribution in [0.15, 0.2) is 48.8 Å². The number of hydrogen-bond acceptors (Lipinski definition) is 3. The number of benzene rings is 1. The van der Waals surface area contributed by atoms with Gasteiger partial charge in [0.1, 0.15) is 0 Å². The van der Waals surface area contributed by atoms with Crippen molar-refractivity contribution >= 4 is 5.69 Å². The molecule has 100 valence electrons. The number of nitrogens with zero attached hydrogens (tertiary/aromatic N) is 2. The molecule has 0 bridgehead atoms. The zero-order valence-electron chi connectivity index (χ0n) is 11.6. The average Bonchev–Trinajstić information content (AvgIpc) is 2.46. The Morgan fingerprint density at radius 2 is 1.95 bits per heavy atom. The van der Waals surface area contributed by atoms with E-state index in [1.165, 1.54) is 16.8 Å². The number of pyridine rings is 1. The van der Waals surface area contributed by atoms with Gasteiger partial charge in [-0.1, -0.05) is 37.3 Å². The Morgan fingerprint density at radius 3 is 2.68 bits per heavy atom. The maximum atomic E-state index is 4.25. The summed E-state index contributed by atoms with van der Waals surface area (Å²) in [5.74, 6) is 0. The van der Waals surface area contributed by atoms with Crippen molar-refractivity contribution in [2.45, 2.75) is 20.0 Å². The third-order valence-corrected chi connectivity index (χ3v) is 3.13. The lowest BCUT2D eigenvalue weighted by molar-refractivity contribution is 0.722. The number of anilines is 1. The summed E-state index contributed by atoms with van der Waals surface area (Å²) >= 11 is 0. The van der Waals surface area contributed by atoms with Crippen LogP contribution in [0.1, 0.15) is 18.1 Å². The first-order valence-corrected chi connectivity index (χ1v) is 6.70. The van der Waals surface area contributed by atoms with Gasteiger partial charge in [-0.25, -0.2) is 0 Å². The number of aromatic nitrogens is 1. The summed E-state index contributed by atoms with van der Waals surface area (Å²) in [7, 11) is 2.11. The highest BCUT2D eigenvalue weighted by molar-refractivity contribution is 5.51. The van der Waals surface area contributed by atoms with E-state index in [9.17, 15) is 0 Å². The average molecular weight is 255 g/mol. The Kier molecular flexibility index (Phi) is 4.93. The SMILES string of the molecule is CCNCc1ccncc1N(C)Cc1ccccc1. The maximum absolute atomic E-state index is 4.25. The molecule has 19 heavy (non-hydrogen) atoms. The van der Waals surface area contributed by atoms with Crippen LogP contribution in [0.5, 0.6) is 0 Å². The minimum Gasteiger partial charge on any atom is -0.369 e. The maximum Gasteiger partial charge on any atom is 0.0598 e. The summed E-state index contributed by atoms with van der Waals surface area (Å²) in [4.78, 5) is 6.49. The Hall–Kier alpha value is -1.87. The predicted octanol–water partition coefficient (Wildman–Crippen LogP) is 2.83. The van der Waals surface area contributed by atoms with Crippen molar-refractivity contribution in [1.82, 2.24) is 10.3 Å². The second kappa shape index (κ2) is 6.90. The van der Waals surface area contributed by atoms with Crippen molar-refractivity contribution in [2.24, 2.45) is 0 Å². The molecule has 1 aromatic heterocycles. The van der Waals surface area contributed by atoms with Gasteiger partial charge in [0.05, 0.1) is 11.9 Å². The molecular weight excluding hydrogens is 234 g/mol.